The molecule has 2 aromatic rings. The van der Waals surface area contributed by atoms with E-state index in [1.807, 2.05) is 11.0 Å². The van der Waals surface area contributed by atoms with Crippen LogP contribution in [-0.4, -0.2) is 27.7 Å². The van der Waals surface area contributed by atoms with Gasteiger partial charge in [-0.3, -0.25) is 0 Å². The molecule has 1 aliphatic rings. The Balaban J connectivity index is 1.91. The Morgan fingerprint density at radius 2 is 2.00 bits per heavy atom. The Morgan fingerprint density at radius 1 is 1.24 bits per heavy atom. The summed E-state index contributed by atoms with van der Waals surface area (Å²) in [5, 5.41) is 18.7. The van der Waals surface area contributed by atoms with E-state index in [4.69, 9.17) is 5.26 Å². The van der Waals surface area contributed by atoms with E-state index < -0.39 is 6.10 Å². The maximum Gasteiger partial charge on any atom is 0.158 e. The van der Waals surface area contributed by atoms with Gasteiger partial charge in [0.15, 0.2) is 5.69 Å². The van der Waals surface area contributed by atoms with E-state index in [0.29, 0.717) is 18.8 Å². The molecule has 21 heavy (non-hydrogen) atoms. The van der Waals surface area contributed by atoms with Crippen molar-refractivity contribution in [3.8, 4) is 6.07 Å². The van der Waals surface area contributed by atoms with Crippen molar-refractivity contribution in [1.29, 1.82) is 5.26 Å². The van der Waals surface area contributed by atoms with Crippen LogP contribution in [0.4, 0.5) is 10.2 Å². The summed E-state index contributed by atoms with van der Waals surface area (Å²) in [7, 11) is 0. The number of nitriles is 1. The Morgan fingerprint density at radius 3 is 2.62 bits per heavy atom. The number of aromatic nitrogens is 2. The molecule has 0 aliphatic carbocycles. The fraction of sp³-hybridized carbons (Fsp3) is 0.267. The van der Waals surface area contributed by atoms with Crippen LogP contribution < -0.4 is 4.90 Å². The molecule has 2 atom stereocenters. The molecule has 0 spiro atoms. The van der Waals surface area contributed by atoms with Crippen molar-refractivity contribution in [2.45, 2.75) is 18.6 Å². The number of hydrogen-bond acceptors (Lipinski definition) is 5. The van der Waals surface area contributed by atoms with E-state index in [-0.39, 0.29) is 17.6 Å². The van der Waals surface area contributed by atoms with Gasteiger partial charge < -0.3 is 10.0 Å². The molecular weight excluding hydrogens is 271 g/mol. The average Bonchev–Trinajstić information content (AvgIpc) is 2.90. The van der Waals surface area contributed by atoms with Gasteiger partial charge in [0, 0.05) is 6.54 Å². The smallest absolute Gasteiger partial charge is 0.158 e. The maximum absolute atomic E-state index is 13.0. The van der Waals surface area contributed by atoms with Gasteiger partial charge in [0.25, 0.3) is 0 Å². The molecule has 2 unspecified atom stereocenters. The molecule has 5 nitrogen and oxygen atoms in total. The lowest BCUT2D eigenvalue weighted by atomic mass is 10.0. The van der Waals surface area contributed by atoms with Gasteiger partial charge in [-0.15, -0.1) is 0 Å². The molecule has 0 amide bonds. The van der Waals surface area contributed by atoms with Crippen molar-refractivity contribution in [3.63, 3.8) is 0 Å². The van der Waals surface area contributed by atoms with Crippen LogP contribution in [0.3, 0.4) is 0 Å². The molecule has 1 N–H and O–H groups in total. The predicted octanol–water partition coefficient (Wildman–Crippen LogP) is 1.80. The second-order valence-corrected chi connectivity index (χ2v) is 4.98. The predicted molar refractivity (Wildman–Crippen MR) is 73.9 cm³/mol. The molecule has 0 bridgehead atoms. The minimum Gasteiger partial charge on any atom is -0.391 e. The van der Waals surface area contributed by atoms with Gasteiger partial charge in [-0.1, -0.05) is 12.1 Å². The van der Waals surface area contributed by atoms with Crippen LogP contribution in [0.5, 0.6) is 0 Å². The number of hydrogen-bond donors (Lipinski definition) is 1. The maximum atomic E-state index is 13.0. The third-order valence-corrected chi connectivity index (χ3v) is 3.58. The zero-order valence-corrected chi connectivity index (χ0v) is 11.1. The van der Waals surface area contributed by atoms with Crippen molar-refractivity contribution in [2.75, 3.05) is 11.4 Å². The first kappa shape index (κ1) is 13.5. The second kappa shape index (κ2) is 5.46. The third-order valence-electron chi connectivity index (χ3n) is 3.58. The standard InChI is InChI=1S/C15H13FN4O/c16-11-3-1-10(2-4-11)14-5-13(21)9-20(14)15-8-18-12(6-17)7-19-15/h1-4,7-8,13-14,21H,5,9H2. The number of rotatable bonds is 2. The van der Waals surface area contributed by atoms with Gasteiger partial charge in [0.2, 0.25) is 0 Å². The fourth-order valence-corrected chi connectivity index (χ4v) is 2.60. The SMILES string of the molecule is N#Cc1cnc(N2CC(O)CC2c2ccc(F)cc2)cn1. The lowest BCUT2D eigenvalue weighted by molar-refractivity contribution is 0.194. The molecule has 1 aromatic carbocycles. The molecule has 2 heterocycles. The molecule has 6 heteroatoms. The first-order valence-corrected chi connectivity index (χ1v) is 6.59. The normalized spacial score (nSPS) is 21.3. The lowest BCUT2D eigenvalue weighted by Gasteiger charge is -2.25. The van der Waals surface area contributed by atoms with E-state index in [1.165, 1.54) is 24.5 Å². The molecule has 1 saturated heterocycles. The lowest BCUT2D eigenvalue weighted by Crippen LogP contribution is -2.25. The number of nitrogens with zero attached hydrogens (tertiary/aromatic N) is 4. The topological polar surface area (TPSA) is 73.0 Å². The van der Waals surface area contributed by atoms with Gasteiger partial charge in [-0.2, -0.15) is 5.26 Å². The molecule has 0 radical (unpaired) electrons. The Labute approximate surface area is 121 Å². The largest absolute Gasteiger partial charge is 0.391 e. The molecule has 3 rings (SSSR count). The van der Waals surface area contributed by atoms with E-state index in [1.54, 1.807) is 12.1 Å². The molecule has 1 fully saturated rings. The van der Waals surface area contributed by atoms with E-state index >= 15 is 0 Å². The molecule has 0 saturated carbocycles. The highest BCUT2D eigenvalue weighted by Gasteiger charge is 2.33. The number of aliphatic hydroxyl groups is 1. The van der Waals surface area contributed by atoms with Crippen LogP contribution in [-0.2, 0) is 0 Å². The minimum absolute atomic E-state index is 0.0807. The molecule has 1 aromatic heterocycles. The van der Waals surface area contributed by atoms with Crippen LogP contribution in [0.2, 0.25) is 0 Å². The monoisotopic (exact) mass is 284 g/mol. The van der Waals surface area contributed by atoms with Gasteiger partial charge in [0.1, 0.15) is 17.7 Å². The highest BCUT2D eigenvalue weighted by molar-refractivity contribution is 5.44. The molecule has 1 aliphatic heterocycles. The highest BCUT2D eigenvalue weighted by Crippen LogP contribution is 2.35. The fourth-order valence-electron chi connectivity index (χ4n) is 2.60. The summed E-state index contributed by atoms with van der Waals surface area (Å²) < 4.78 is 13.0. The summed E-state index contributed by atoms with van der Waals surface area (Å²) in [6, 6.07) is 8.07. The Kier molecular flexibility index (Phi) is 3.50. The van der Waals surface area contributed by atoms with Gasteiger partial charge >= 0.3 is 0 Å². The average molecular weight is 284 g/mol. The third kappa shape index (κ3) is 2.69. The minimum atomic E-state index is -0.475. The van der Waals surface area contributed by atoms with Crippen LogP contribution in [0.15, 0.2) is 36.7 Å². The zero-order valence-electron chi connectivity index (χ0n) is 11.1. The van der Waals surface area contributed by atoms with E-state index in [9.17, 15) is 9.50 Å². The molecular formula is C15H13FN4O. The summed E-state index contributed by atoms with van der Waals surface area (Å²) in [5.41, 5.74) is 1.16. The van der Waals surface area contributed by atoms with Crippen molar-refractivity contribution in [3.05, 3.63) is 53.7 Å². The van der Waals surface area contributed by atoms with Crippen LogP contribution in [0.25, 0.3) is 0 Å². The van der Waals surface area contributed by atoms with Crippen LogP contribution in [0, 0.1) is 17.1 Å². The number of β-amino-alcohol motifs (C(OH)–C–C–N with tert-alkyl or cyclic N) is 1. The number of aliphatic hydroxyl groups excluding tert-OH is 1. The van der Waals surface area contributed by atoms with E-state index in [0.717, 1.165) is 5.56 Å². The summed E-state index contributed by atoms with van der Waals surface area (Å²) in [4.78, 5) is 10.1. The number of anilines is 1. The van der Waals surface area contributed by atoms with Gasteiger partial charge in [-0.25, -0.2) is 14.4 Å². The van der Waals surface area contributed by atoms with Crippen molar-refractivity contribution in [1.82, 2.24) is 9.97 Å². The Hall–Kier alpha value is -2.52. The van der Waals surface area contributed by atoms with Crippen molar-refractivity contribution >= 4 is 5.82 Å². The van der Waals surface area contributed by atoms with Crippen LogP contribution >= 0.6 is 0 Å². The Bertz CT molecular complexity index is 666. The number of benzene rings is 1. The van der Waals surface area contributed by atoms with Crippen molar-refractivity contribution in [2.24, 2.45) is 0 Å². The van der Waals surface area contributed by atoms with Gasteiger partial charge in [-0.05, 0) is 24.1 Å². The number of halogens is 1. The summed E-state index contributed by atoms with van der Waals surface area (Å²) >= 11 is 0. The zero-order chi connectivity index (χ0) is 14.8. The summed E-state index contributed by atoms with van der Waals surface area (Å²) in [6.07, 6.45) is 3.00. The van der Waals surface area contributed by atoms with Gasteiger partial charge in [0.05, 0.1) is 24.5 Å². The summed E-state index contributed by atoms with van der Waals surface area (Å²) in [5.74, 6) is 0.307. The molecule has 106 valence electrons. The second-order valence-electron chi connectivity index (χ2n) is 4.98. The quantitative estimate of drug-likeness (QED) is 0.910. The van der Waals surface area contributed by atoms with Crippen molar-refractivity contribution < 1.29 is 9.50 Å². The first-order valence-electron chi connectivity index (χ1n) is 6.59. The van der Waals surface area contributed by atoms with E-state index in [2.05, 4.69) is 9.97 Å². The van der Waals surface area contributed by atoms with Crippen LogP contribution in [0.1, 0.15) is 23.7 Å². The summed E-state index contributed by atoms with van der Waals surface area (Å²) in [6.45, 7) is 0.433. The highest BCUT2D eigenvalue weighted by atomic mass is 19.1. The first-order chi connectivity index (χ1) is 10.2.